The number of hydrogen-bond donors (Lipinski definition) is 2. The monoisotopic (exact) mass is 285 g/mol. The second-order valence-electron chi connectivity index (χ2n) is 4.54. The molecule has 0 saturated carbocycles. The van der Waals surface area contributed by atoms with Gasteiger partial charge in [0.05, 0.1) is 0 Å². The zero-order valence-corrected chi connectivity index (χ0v) is 11.9. The zero-order valence-electron chi connectivity index (χ0n) is 11.1. The van der Waals surface area contributed by atoms with Crippen molar-refractivity contribution in [1.82, 2.24) is 4.98 Å². The molecule has 0 bridgehead atoms. The summed E-state index contributed by atoms with van der Waals surface area (Å²) in [7, 11) is 1.36. The van der Waals surface area contributed by atoms with Crippen LogP contribution in [0.3, 0.4) is 0 Å². The second kappa shape index (κ2) is 5.79. The minimum Gasteiger partial charge on any atom is -0.476 e. The number of carbonyl (C=O) groups excluding carboxylic acids is 1. The minimum atomic E-state index is -1.17. The van der Waals surface area contributed by atoms with Crippen molar-refractivity contribution in [2.75, 3.05) is 12.4 Å². The average Bonchev–Trinajstić information content (AvgIpc) is 2.63. The summed E-state index contributed by atoms with van der Waals surface area (Å²) in [5.74, 6) is -1.17. The third kappa shape index (κ3) is 4.66. The first kappa shape index (κ1) is 15.1. The van der Waals surface area contributed by atoms with E-state index < -0.39 is 17.7 Å². The Bertz CT molecular complexity index is 516. The molecule has 0 saturated heterocycles. The molecule has 0 atom stereocenters. The number of ether oxygens (including phenoxy) is 1. The molecule has 1 rings (SSSR count). The van der Waals surface area contributed by atoms with Crippen molar-refractivity contribution in [3.63, 3.8) is 0 Å². The van der Waals surface area contributed by atoms with E-state index in [1.165, 1.54) is 12.4 Å². The standard InChI is InChI=1S/C11H15N3O4S/c1-11(2,3)18-10(17)14-9-13-6(5-19-9)7(12-4)8(15)16/h5H,1-4H3,(H,15,16)(H,13,14,17). The van der Waals surface area contributed by atoms with Gasteiger partial charge in [-0.15, -0.1) is 11.3 Å². The molecule has 0 aliphatic rings. The molecule has 2 N–H and O–H groups in total. The lowest BCUT2D eigenvalue weighted by molar-refractivity contribution is -0.129. The van der Waals surface area contributed by atoms with Gasteiger partial charge in [-0.1, -0.05) is 0 Å². The summed E-state index contributed by atoms with van der Waals surface area (Å²) in [4.78, 5) is 30.0. The SMILES string of the molecule is CN=C(C(=O)O)c1csc(NC(=O)OC(C)(C)C)n1. The second-order valence-corrected chi connectivity index (χ2v) is 5.40. The van der Waals surface area contributed by atoms with Gasteiger partial charge in [0.2, 0.25) is 0 Å². The van der Waals surface area contributed by atoms with Crippen LogP contribution >= 0.6 is 11.3 Å². The van der Waals surface area contributed by atoms with Crippen LogP contribution in [0.2, 0.25) is 0 Å². The number of nitrogens with zero attached hydrogens (tertiary/aromatic N) is 2. The number of carbonyl (C=O) groups is 2. The predicted molar refractivity (Wildman–Crippen MR) is 72.1 cm³/mol. The predicted octanol–water partition coefficient (Wildman–Crippen LogP) is 1.99. The Balaban J connectivity index is 2.76. The van der Waals surface area contributed by atoms with E-state index in [0.717, 1.165) is 11.3 Å². The maximum Gasteiger partial charge on any atom is 0.413 e. The van der Waals surface area contributed by atoms with Gasteiger partial charge in [0.15, 0.2) is 10.8 Å². The van der Waals surface area contributed by atoms with E-state index in [1.807, 2.05) is 0 Å². The van der Waals surface area contributed by atoms with E-state index in [4.69, 9.17) is 9.84 Å². The number of hydrogen-bond acceptors (Lipinski definition) is 6. The van der Waals surface area contributed by atoms with Gasteiger partial charge in [0, 0.05) is 12.4 Å². The Morgan fingerprint density at radius 2 is 2.11 bits per heavy atom. The highest BCUT2D eigenvalue weighted by Crippen LogP contribution is 2.17. The summed E-state index contributed by atoms with van der Waals surface area (Å²) in [5, 5.41) is 13.1. The Hall–Kier alpha value is -1.96. The van der Waals surface area contributed by atoms with Crippen LogP contribution in [0.1, 0.15) is 26.5 Å². The summed E-state index contributed by atoms with van der Waals surface area (Å²) in [6.07, 6.45) is -0.640. The van der Waals surface area contributed by atoms with Crippen molar-refractivity contribution in [2.45, 2.75) is 26.4 Å². The summed E-state index contributed by atoms with van der Waals surface area (Å²) in [6, 6.07) is 0. The molecule has 8 heteroatoms. The number of rotatable bonds is 3. The van der Waals surface area contributed by atoms with Crippen molar-refractivity contribution < 1.29 is 19.4 Å². The number of nitrogens with one attached hydrogen (secondary N) is 1. The number of amides is 1. The summed E-state index contributed by atoms with van der Waals surface area (Å²) < 4.78 is 5.06. The lowest BCUT2D eigenvalue weighted by Gasteiger charge is -2.18. The van der Waals surface area contributed by atoms with E-state index in [9.17, 15) is 9.59 Å². The van der Waals surface area contributed by atoms with E-state index >= 15 is 0 Å². The molecule has 0 unspecified atom stereocenters. The largest absolute Gasteiger partial charge is 0.476 e. The summed E-state index contributed by atoms with van der Waals surface area (Å²) in [6.45, 7) is 5.23. The van der Waals surface area contributed by atoms with E-state index in [-0.39, 0.29) is 16.5 Å². The molecule has 0 aliphatic carbocycles. The van der Waals surface area contributed by atoms with Crippen LogP contribution in [0.15, 0.2) is 10.4 Å². The van der Waals surface area contributed by atoms with Crippen molar-refractivity contribution in [3.05, 3.63) is 11.1 Å². The van der Waals surface area contributed by atoms with Crippen LogP contribution in [-0.4, -0.2) is 40.5 Å². The van der Waals surface area contributed by atoms with Gasteiger partial charge in [-0.05, 0) is 20.8 Å². The van der Waals surface area contributed by atoms with Crippen LogP contribution in [-0.2, 0) is 9.53 Å². The van der Waals surface area contributed by atoms with Gasteiger partial charge < -0.3 is 9.84 Å². The molecule has 19 heavy (non-hydrogen) atoms. The molecule has 1 heterocycles. The number of aliphatic carboxylic acids is 1. The fourth-order valence-electron chi connectivity index (χ4n) is 1.15. The molecule has 0 spiro atoms. The highest BCUT2D eigenvalue weighted by Gasteiger charge is 2.19. The highest BCUT2D eigenvalue weighted by molar-refractivity contribution is 7.14. The van der Waals surface area contributed by atoms with Gasteiger partial charge >= 0.3 is 12.1 Å². The Kier molecular flexibility index (Phi) is 4.60. The first-order valence-corrected chi connectivity index (χ1v) is 6.27. The summed E-state index contributed by atoms with van der Waals surface area (Å²) >= 11 is 1.10. The van der Waals surface area contributed by atoms with E-state index in [1.54, 1.807) is 20.8 Å². The smallest absolute Gasteiger partial charge is 0.413 e. The third-order valence-corrected chi connectivity index (χ3v) is 2.54. The molecule has 7 nitrogen and oxygen atoms in total. The lowest BCUT2D eigenvalue weighted by atomic mass is 10.2. The maximum atomic E-state index is 11.5. The fraction of sp³-hybridized carbons (Fsp3) is 0.455. The van der Waals surface area contributed by atoms with Gasteiger partial charge in [0.1, 0.15) is 11.3 Å². The number of anilines is 1. The van der Waals surface area contributed by atoms with Crippen molar-refractivity contribution >= 4 is 34.2 Å². The Morgan fingerprint density at radius 1 is 1.47 bits per heavy atom. The van der Waals surface area contributed by atoms with Crippen molar-refractivity contribution in [2.24, 2.45) is 4.99 Å². The van der Waals surface area contributed by atoms with E-state index in [0.29, 0.717) is 0 Å². The first-order valence-electron chi connectivity index (χ1n) is 5.39. The maximum absolute atomic E-state index is 11.5. The summed E-state index contributed by atoms with van der Waals surface area (Å²) in [5.41, 5.74) is -0.569. The average molecular weight is 285 g/mol. The number of aliphatic imine (C=N–C) groups is 1. The molecule has 0 fully saturated rings. The first-order chi connectivity index (χ1) is 8.73. The van der Waals surface area contributed by atoms with Crippen LogP contribution in [0.5, 0.6) is 0 Å². The number of thiazole rings is 1. The van der Waals surface area contributed by atoms with Crippen molar-refractivity contribution in [3.8, 4) is 0 Å². The molecule has 0 aromatic carbocycles. The molecule has 1 aromatic heterocycles. The molecule has 104 valence electrons. The number of carboxylic acid groups (broad SMARTS) is 1. The normalized spacial score (nSPS) is 12.1. The molecule has 1 aromatic rings. The van der Waals surface area contributed by atoms with Crippen LogP contribution in [0, 0.1) is 0 Å². The van der Waals surface area contributed by atoms with Gasteiger partial charge in [-0.2, -0.15) is 0 Å². The number of carboxylic acids is 1. The van der Waals surface area contributed by atoms with Gasteiger partial charge in [-0.3, -0.25) is 10.3 Å². The lowest BCUT2D eigenvalue weighted by Crippen LogP contribution is -2.27. The fourth-order valence-corrected chi connectivity index (χ4v) is 1.83. The van der Waals surface area contributed by atoms with Crippen molar-refractivity contribution in [1.29, 1.82) is 0 Å². The topological polar surface area (TPSA) is 101 Å². The third-order valence-electron chi connectivity index (χ3n) is 1.78. The minimum absolute atomic E-state index is 0.159. The van der Waals surface area contributed by atoms with Crippen LogP contribution in [0.4, 0.5) is 9.93 Å². The molecule has 0 aliphatic heterocycles. The van der Waals surface area contributed by atoms with Crippen LogP contribution < -0.4 is 5.32 Å². The quantitative estimate of drug-likeness (QED) is 0.827. The Morgan fingerprint density at radius 3 is 2.58 bits per heavy atom. The highest BCUT2D eigenvalue weighted by atomic mass is 32.1. The molecular formula is C11H15N3O4S. The van der Waals surface area contributed by atoms with E-state index in [2.05, 4.69) is 15.3 Å². The van der Waals surface area contributed by atoms with Crippen LogP contribution in [0.25, 0.3) is 0 Å². The molecule has 0 radical (unpaired) electrons. The molecular weight excluding hydrogens is 270 g/mol. The Labute approximate surface area is 114 Å². The zero-order chi connectivity index (χ0) is 14.6. The number of aromatic nitrogens is 1. The van der Waals surface area contributed by atoms with Gasteiger partial charge in [-0.25, -0.2) is 14.6 Å². The van der Waals surface area contributed by atoms with Gasteiger partial charge in [0.25, 0.3) is 0 Å². The molecule has 1 amide bonds.